The van der Waals surface area contributed by atoms with E-state index in [1.807, 2.05) is 24.4 Å². The lowest BCUT2D eigenvalue weighted by Gasteiger charge is -2.23. The van der Waals surface area contributed by atoms with Crippen LogP contribution in [0.4, 0.5) is 0 Å². The highest BCUT2D eigenvalue weighted by Gasteiger charge is 2.27. The molecule has 0 radical (unpaired) electrons. The van der Waals surface area contributed by atoms with Crippen molar-refractivity contribution in [2.24, 2.45) is 0 Å². The van der Waals surface area contributed by atoms with Gasteiger partial charge in [-0.15, -0.1) is 11.3 Å². The summed E-state index contributed by atoms with van der Waals surface area (Å²) in [5.41, 5.74) is 0. The summed E-state index contributed by atoms with van der Waals surface area (Å²) in [6, 6.07) is 8.19. The lowest BCUT2D eigenvalue weighted by Crippen LogP contribution is -2.29. The SMILES string of the molecule is COc1ccc(S(=O)(=O)N(C)[C@H](C)c2cccs2)cc1OC. The van der Waals surface area contributed by atoms with Crippen molar-refractivity contribution in [2.45, 2.75) is 17.9 Å². The van der Waals surface area contributed by atoms with Crippen LogP contribution in [-0.2, 0) is 10.0 Å². The van der Waals surface area contributed by atoms with Crippen molar-refractivity contribution in [1.29, 1.82) is 0 Å². The molecule has 0 N–H and O–H groups in total. The number of hydrogen-bond acceptors (Lipinski definition) is 5. The van der Waals surface area contributed by atoms with Crippen molar-refractivity contribution in [3.05, 3.63) is 40.6 Å². The molecule has 7 heteroatoms. The molecular weight excluding hydrogens is 322 g/mol. The van der Waals surface area contributed by atoms with E-state index in [2.05, 4.69) is 0 Å². The van der Waals surface area contributed by atoms with Crippen molar-refractivity contribution in [3.8, 4) is 11.5 Å². The fourth-order valence-corrected chi connectivity index (χ4v) is 4.31. The molecule has 0 amide bonds. The molecule has 0 fully saturated rings. The van der Waals surface area contributed by atoms with E-state index in [0.717, 1.165) is 4.88 Å². The number of sulfonamides is 1. The largest absolute Gasteiger partial charge is 0.493 e. The normalized spacial score (nSPS) is 13.1. The van der Waals surface area contributed by atoms with Gasteiger partial charge in [-0.3, -0.25) is 0 Å². The number of methoxy groups -OCH3 is 2. The Labute approximate surface area is 135 Å². The number of benzene rings is 1. The first-order valence-corrected chi connectivity index (χ1v) is 8.97. The Bertz CT molecular complexity index is 726. The first kappa shape index (κ1) is 16.8. The van der Waals surface area contributed by atoms with Crippen molar-refractivity contribution in [2.75, 3.05) is 21.3 Å². The van der Waals surface area contributed by atoms with E-state index < -0.39 is 10.0 Å². The van der Waals surface area contributed by atoms with Crippen molar-refractivity contribution < 1.29 is 17.9 Å². The highest BCUT2D eigenvalue weighted by atomic mass is 32.2. The lowest BCUT2D eigenvalue weighted by molar-refractivity contribution is 0.353. The quantitative estimate of drug-likeness (QED) is 0.810. The van der Waals surface area contributed by atoms with Gasteiger partial charge in [0, 0.05) is 18.0 Å². The van der Waals surface area contributed by atoms with Crippen LogP contribution in [0.25, 0.3) is 0 Å². The van der Waals surface area contributed by atoms with E-state index in [1.54, 1.807) is 13.1 Å². The van der Waals surface area contributed by atoms with Crippen LogP contribution in [0, 0.1) is 0 Å². The molecule has 1 aromatic carbocycles. The Morgan fingerprint density at radius 3 is 2.36 bits per heavy atom. The molecule has 0 bridgehead atoms. The van der Waals surface area contributed by atoms with E-state index in [9.17, 15) is 8.42 Å². The molecule has 2 aromatic rings. The predicted octanol–water partition coefficient (Wildman–Crippen LogP) is 3.15. The minimum atomic E-state index is -3.62. The van der Waals surface area contributed by atoms with Crippen LogP contribution in [0.3, 0.4) is 0 Å². The van der Waals surface area contributed by atoms with Gasteiger partial charge in [0.1, 0.15) is 0 Å². The van der Waals surface area contributed by atoms with Crippen LogP contribution in [0.1, 0.15) is 17.8 Å². The predicted molar refractivity (Wildman–Crippen MR) is 87.2 cm³/mol. The standard InChI is InChI=1S/C15H19NO4S2/c1-11(15-6-5-9-21-15)16(2)22(17,18)12-7-8-13(19-3)14(10-12)20-4/h5-11H,1-4H3/t11-/m1/s1. The second-order valence-corrected chi connectivity index (χ2v) is 7.71. The van der Waals surface area contributed by atoms with Crippen LogP contribution < -0.4 is 9.47 Å². The van der Waals surface area contributed by atoms with Crippen molar-refractivity contribution >= 4 is 21.4 Å². The minimum absolute atomic E-state index is 0.177. The molecule has 0 spiro atoms. The fraction of sp³-hybridized carbons (Fsp3) is 0.333. The first-order valence-electron chi connectivity index (χ1n) is 6.65. The summed E-state index contributed by atoms with van der Waals surface area (Å²) >= 11 is 1.53. The molecule has 1 aromatic heterocycles. The van der Waals surface area contributed by atoms with Crippen molar-refractivity contribution in [1.82, 2.24) is 4.31 Å². The fourth-order valence-electron chi connectivity index (χ4n) is 2.06. The zero-order valence-corrected chi connectivity index (χ0v) is 14.6. The maximum Gasteiger partial charge on any atom is 0.243 e. The Morgan fingerprint density at radius 1 is 1.14 bits per heavy atom. The molecule has 0 aliphatic heterocycles. The maximum absolute atomic E-state index is 12.8. The number of thiophene rings is 1. The topological polar surface area (TPSA) is 55.8 Å². The molecule has 1 heterocycles. The Balaban J connectivity index is 2.37. The number of ether oxygens (including phenoxy) is 2. The summed E-state index contributed by atoms with van der Waals surface area (Å²) in [5, 5.41) is 1.93. The van der Waals surface area contributed by atoms with Gasteiger partial charge in [0.2, 0.25) is 10.0 Å². The molecule has 0 saturated heterocycles. The van der Waals surface area contributed by atoms with Gasteiger partial charge in [-0.1, -0.05) is 6.07 Å². The van der Waals surface area contributed by atoms with E-state index in [4.69, 9.17) is 9.47 Å². The molecule has 0 saturated carbocycles. The van der Waals surface area contributed by atoms with Gasteiger partial charge in [0.05, 0.1) is 25.2 Å². The zero-order chi connectivity index (χ0) is 16.3. The lowest BCUT2D eigenvalue weighted by atomic mass is 10.3. The monoisotopic (exact) mass is 341 g/mol. The van der Waals surface area contributed by atoms with E-state index >= 15 is 0 Å². The minimum Gasteiger partial charge on any atom is -0.493 e. The summed E-state index contributed by atoms with van der Waals surface area (Å²) in [5.74, 6) is 0.885. The zero-order valence-electron chi connectivity index (χ0n) is 12.9. The van der Waals surface area contributed by atoms with Gasteiger partial charge in [-0.25, -0.2) is 8.42 Å². The first-order chi connectivity index (χ1) is 10.4. The molecular formula is C15H19NO4S2. The third-order valence-electron chi connectivity index (χ3n) is 3.53. The molecule has 5 nitrogen and oxygen atoms in total. The Morgan fingerprint density at radius 2 is 1.82 bits per heavy atom. The summed E-state index contributed by atoms with van der Waals surface area (Å²) < 4.78 is 37.2. The second-order valence-electron chi connectivity index (χ2n) is 4.73. The van der Waals surface area contributed by atoms with Gasteiger partial charge in [0.15, 0.2) is 11.5 Å². The average Bonchev–Trinajstić information content (AvgIpc) is 3.06. The van der Waals surface area contributed by atoms with Crippen LogP contribution in [-0.4, -0.2) is 34.0 Å². The van der Waals surface area contributed by atoms with E-state index in [1.165, 1.54) is 42.0 Å². The van der Waals surface area contributed by atoms with E-state index in [-0.39, 0.29) is 10.9 Å². The molecule has 0 aliphatic carbocycles. The third-order valence-corrected chi connectivity index (χ3v) is 6.50. The van der Waals surface area contributed by atoms with Gasteiger partial charge >= 0.3 is 0 Å². The van der Waals surface area contributed by atoms with Gasteiger partial charge < -0.3 is 9.47 Å². The molecule has 22 heavy (non-hydrogen) atoms. The van der Waals surface area contributed by atoms with Gasteiger partial charge in [-0.05, 0) is 30.5 Å². The third kappa shape index (κ3) is 3.11. The smallest absolute Gasteiger partial charge is 0.243 e. The van der Waals surface area contributed by atoms with Crippen LogP contribution >= 0.6 is 11.3 Å². The van der Waals surface area contributed by atoms with Gasteiger partial charge in [-0.2, -0.15) is 4.31 Å². The number of hydrogen-bond donors (Lipinski definition) is 0. The second kappa shape index (κ2) is 6.68. The van der Waals surface area contributed by atoms with E-state index in [0.29, 0.717) is 11.5 Å². The molecule has 0 unspecified atom stereocenters. The number of rotatable bonds is 6. The molecule has 120 valence electrons. The van der Waals surface area contributed by atoms with Crippen LogP contribution in [0.5, 0.6) is 11.5 Å². The van der Waals surface area contributed by atoms with Gasteiger partial charge in [0.25, 0.3) is 0 Å². The van der Waals surface area contributed by atoms with Crippen LogP contribution in [0.2, 0.25) is 0 Å². The highest BCUT2D eigenvalue weighted by Crippen LogP contribution is 2.33. The van der Waals surface area contributed by atoms with Crippen molar-refractivity contribution in [3.63, 3.8) is 0 Å². The summed E-state index contributed by atoms with van der Waals surface area (Å²) in [7, 11) is 0.952. The maximum atomic E-state index is 12.8. The summed E-state index contributed by atoms with van der Waals surface area (Å²) in [4.78, 5) is 1.17. The summed E-state index contributed by atoms with van der Waals surface area (Å²) in [6.07, 6.45) is 0. The average molecular weight is 341 g/mol. The summed E-state index contributed by atoms with van der Waals surface area (Å²) in [6.45, 7) is 1.87. The Hall–Kier alpha value is -1.57. The van der Waals surface area contributed by atoms with Crippen LogP contribution in [0.15, 0.2) is 40.6 Å². The Kier molecular flexibility index (Phi) is 5.10. The molecule has 2 rings (SSSR count). The highest BCUT2D eigenvalue weighted by molar-refractivity contribution is 7.89. The molecule has 0 aliphatic rings. The molecule has 1 atom stereocenters. The number of nitrogens with zero attached hydrogens (tertiary/aromatic N) is 1.